The van der Waals surface area contributed by atoms with E-state index in [0.29, 0.717) is 43.3 Å². The number of amides is 3. The number of rotatable bonds is 17. The summed E-state index contributed by atoms with van der Waals surface area (Å²) in [5, 5.41) is 14.1. The van der Waals surface area contributed by atoms with Gasteiger partial charge in [0.1, 0.15) is 0 Å². The predicted octanol–water partition coefficient (Wildman–Crippen LogP) is 1.17. The van der Waals surface area contributed by atoms with Gasteiger partial charge in [0.2, 0.25) is 5.91 Å². The molecule has 1 fully saturated rings. The molecule has 0 atom stereocenters. The molecule has 1 saturated heterocycles. The highest BCUT2D eigenvalue weighted by Crippen LogP contribution is 2.21. The van der Waals surface area contributed by atoms with Crippen molar-refractivity contribution < 1.29 is 32.6 Å². The average Bonchev–Trinajstić information content (AvgIpc) is 3.01. The molecule has 13 nitrogen and oxygen atoms in total. The molecule has 0 unspecified atom stereocenters. The topological polar surface area (TPSA) is 178 Å². The Morgan fingerprint density at radius 1 is 0.907 bits per heavy atom. The average molecular weight is 655 g/mol. The first-order valence-corrected chi connectivity index (χ1v) is 17.5. The fourth-order valence-electron chi connectivity index (χ4n) is 3.82. The van der Waals surface area contributed by atoms with Crippen LogP contribution in [0.1, 0.15) is 6.42 Å². The Hall–Kier alpha value is -3.02. The second-order valence-electron chi connectivity index (χ2n) is 9.29. The van der Waals surface area contributed by atoms with E-state index in [-0.39, 0.29) is 28.8 Å². The van der Waals surface area contributed by atoms with E-state index in [0.717, 1.165) is 31.1 Å². The Morgan fingerprint density at radius 3 is 2.37 bits per heavy atom. The molecule has 1 aliphatic rings. The van der Waals surface area contributed by atoms with Crippen molar-refractivity contribution in [1.29, 1.82) is 0 Å². The van der Waals surface area contributed by atoms with Gasteiger partial charge in [0, 0.05) is 48.3 Å². The van der Waals surface area contributed by atoms with Gasteiger partial charge in [-0.15, -0.1) is 0 Å². The van der Waals surface area contributed by atoms with Gasteiger partial charge in [0.05, 0.1) is 36.2 Å². The van der Waals surface area contributed by atoms with Crippen molar-refractivity contribution in [2.24, 2.45) is 0 Å². The van der Waals surface area contributed by atoms with Crippen LogP contribution in [-0.4, -0.2) is 105 Å². The van der Waals surface area contributed by atoms with Crippen LogP contribution in [0.15, 0.2) is 53.4 Å². The van der Waals surface area contributed by atoms with Crippen LogP contribution in [0.3, 0.4) is 0 Å². The van der Waals surface area contributed by atoms with Crippen molar-refractivity contribution in [2.45, 2.75) is 11.3 Å². The van der Waals surface area contributed by atoms with Gasteiger partial charge in [-0.2, -0.15) is 23.5 Å². The fourth-order valence-corrected chi connectivity index (χ4v) is 6.60. The summed E-state index contributed by atoms with van der Waals surface area (Å²) in [5.41, 5.74) is 6.02. The molecule has 2 aromatic carbocycles. The summed E-state index contributed by atoms with van der Waals surface area (Å²) in [6.07, 6.45) is 0.717. The van der Waals surface area contributed by atoms with Crippen LogP contribution < -0.4 is 26.2 Å². The number of hydrazine groups is 1. The van der Waals surface area contributed by atoms with Gasteiger partial charge < -0.3 is 20.5 Å². The van der Waals surface area contributed by atoms with Gasteiger partial charge in [-0.3, -0.25) is 34.9 Å². The third kappa shape index (κ3) is 13.0. The summed E-state index contributed by atoms with van der Waals surface area (Å²) < 4.78 is 33.7. The van der Waals surface area contributed by atoms with Crippen molar-refractivity contribution >= 4 is 68.3 Å². The maximum atomic E-state index is 12.9. The van der Waals surface area contributed by atoms with Crippen molar-refractivity contribution in [2.75, 3.05) is 84.5 Å². The van der Waals surface area contributed by atoms with Crippen LogP contribution in [0.2, 0.25) is 0 Å². The van der Waals surface area contributed by atoms with E-state index >= 15 is 0 Å². The number of carbonyl (C=O) groups excluding carboxylic acids is 3. The van der Waals surface area contributed by atoms with E-state index in [9.17, 15) is 22.8 Å². The minimum atomic E-state index is -3.95. The van der Waals surface area contributed by atoms with Crippen molar-refractivity contribution in [3.05, 3.63) is 48.5 Å². The van der Waals surface area contributed by atoms with Crippen molar-refractivity contribution in [3.63, 3.8) is 0 Å². The third-order valence-electron chi connectivity index (χ3n) is 5.97. The zero-order valence-corrected chi connectivity index (χ0v) is 26.1. The lowest BCUT2D eigenvalue weighted by Crippen LogP contribution is -2.43. The lowest BCUT2D eigenvalue weighted by molar-refractivity contribution is -0.138. The van der Waals surface area contributed by atoms with Crippen LogP contribution in [0.5, 0.6) is 0 Å². The monoisotopic (exact) mass is 654 g/mol. The zero-order valence-electron chi connectivity index (χ0n) is 23.7. The quantitative estimate of drug-likeness (QED) is 0.0820. The molecule has 0 aliphatic carbocycles. The van der Waals surface area contributed by atoms with E-state index in [4.69, 9.17) is 9.84 Å². The van der Waals surface area contributed by atoms with Crippen LogP contribution in [-0.2, 0) is 29.1 Å². The molecule has 3 amide bonds. The molecule has 0 bridgehead atoms. The number of sulfonamides is 1. The molecule has 6 N–H and O–H groups in total. The maximum absolute atomic E-state index is 12.9. The van der Waals surface area contributed by atoms with Gasteiger partial charge in [-0.05, 0) is 55.4 Å². The number of hydrogen-bond acceptors (Lipinski definition) is 11. The van der Waals surface area contributed by atoms with Gasteiger partial charge in [0.15, 0.2) is 0 Å². The molecule has 1 heterocycles. The SMILES string of the molecule is O=C(CSCCSCCO)Nc1cccc(S(=O)(=O)Nc2ccc(NNC(=O)C(=O)NCCCN3CCOCC3)cc2)c1. The number of nitrogens with zero attached hydrogens (tertiary/aromatic N) is 1. The first-order chi connectivity index (χ1) is 20.8. The van der Waals surface area contributed by atoms with E-state index in [2.05, 4.69) is 31.1 Å². The Kier molecular flexibility index (Phi) is 14.9. The summed E-state index contributed by atoms with van der Waals surface area (Å²) in [4.78, 5) is 38.6. The standard InChI is InChI=1S/C27H38N6O7S3/c34-13-16-41-17-18-42-20-25(35)29-23-3-1-4-24(19-23)43(38,39)32-22-7-5-21(6-8-22)30-31-27(37)26(36)28-9-2-10-33-11-14-40-15-12-33/h1,3-8,19,30,32,34H,2,9-18,20H2,(H,28,36)(H,29,35)(H,31,37). The fraction of sp³-hybridized carbons (Fsp3) is 0.444. The van der Waals surface area contributed by atoms with Gasteiger partial charge in [-0.25, -0.2) is 8.42 Å². The number of nitrogens with one attached hydrogen (secondary N) is 5. The molecule has 236 valence electrons. The highest BCUT2D eigenvalue weighted by molar-refractivity contribution is 8.03. The Labute approximate surface area is 260 Å². The molecule has 0 aromatic heterocycles. The van der Waals surface area contributed by atoms with Crippen molar-refractivity contribution in [1.82, 2.24) is 15.6 Å². The number of ether oxygens (including phenoxy) is 1. The summed E-state index contributed by atoms with van der Waals surface area (Å²) >= 11 is 3.07. The Balaban J connectivity index is 1.40. The number of thioether (sulfide) groups is 2. The molecular weight excluding hydrogens is 617 g/mol. The van der Waals surface area contributed by atoms with E-state index in [1.54, 1.807) is 23.9 Å². The smallest absolute Gasteiger partial charge is 0.327 e. The molecular formula is C27H38N6O7S3. The van der Waals surface area contributed by atoms with Crippen molar-refractivity contribution in [3.8, 4) is 0 Å². The first kappa shape index (κ1) is 34.5. The number of morpholine rings is 1. The van der Waals surface area contributed by atoms with Gasteiger partial charge in [0.25, 0.3) is 10.0 Å². The van der Waals surface area contributed by atoms with E-state index < -0.39 is 21.8 Å². The summed E-state index contributed by atoms with van der Waals surface area (Å²) in [6, 6.07) is 12.0. The minimum Gasteiger partial charge on any atom is -0.396 e. The Bertz CT molecular complexity index is 1290. The molecule has 43 heavy (non-hydrogen) atoms. The first-order valence-electron chi connectivity index (χ1n) is 13.7. The van der Waals surface area contributed by atoms with Gasteiger partial charge in [-0.1, -0.05) is 6.07 Å². The van der Waals surface area contributed by atoms with Crippen LogP contribution in [0.4, 0.5) is 17.1 Å². The second-order valence-corrected chi connectivity index (χ2v) is 13.3. The number of aliphatic hydroxyl groups excluding tert-OH is 1. The van der Waals surface area contributed by atoms with E-state index in [1.165, 1.54) is 48.2 Å². The van der Waals surface area contributed by atoms with Crippen LogP contribution in [0.25, 0.3) is 0 Å². The maximum Gasteiger partial charge on any atom is 0.327 e. The summed E-state index contributed by atoms with van der Waals surface area (Å²) in [6.45, 7) is 4.45. The highest BCUT2D eigenvalue weighted by Gasteiger charge is 2.16. The number of aliphatic hydroxyl groups is 1. The lowest BCUT2D eigenvalue weighted by atomic mass is 10.3. The second kappa shape index (κ2) is 18.6. The lowest BCUT2D eigenvalue weighted by Gasteiger charge is -2.26. The normalized spacial score (nSPS) is 13.6. The van der Waals surface area contributed by atoms with E-state index in [1.807, 2.05) is 0 Å². The molecule has 3 rings (SSSR count). The highest BCUT2D eigenvalue weighted by atomic mass is 32.2. The number of anilines is 3. The minimum absolute atomic E-state index is 0.0243. The molecule has 0 radical (unpaired) electrons. The molecule has 0 saturated carbocycles. The summed E-state index contributed by atoms with van der Waals surface area (Å²) in [7, 11) is -3.95. The molecule has 2 aromatic rings. The Morgan fingerprint density at radius 2 is 1.63 bits per heavy atom. The third-order valence-corrected chi connectivity index (χ3v) is 9.53. The van der Waals surface area contributed by atoms with Crippen LogP contribution >= 0.6 is 23.5 Å². The molecule has 16 heteroatoms. The molecule has 1 aliphatic heterocycles. The van der Waals surface area contributed by atoms with Crippen LogP contribution in [0, 0.1) is 0 Å². The number of benzene rings is 2. The zero-order chi connectivity index (χ0) is 30.9. The number of hydrogen-bond donors (Lipinski definition) is 6. The predicted molar refractivity (Wildman–Crippen MR) is 171 cm³/mol. The van der Waals surface area contributed by atoms with Gasteiger partial charge >= 0.3 is 11.8 Å². The summed E-state index contributed by atoms with van der Waals surface area (Å²) in [5.74, 6) is 0.646. The molecule has 0 spiro atoms. The largest absolute Gasteiger partial charge is 0.396 e. The number of carbonyl (C=O) groups is 3.